The van der Waals surface area contributed by atoms with E-state index in [1.54, 1.807) is 0 Å². The van der Waals surface area contributed by atoms with Crippen molar-refractivity contribution in [3.05, 3.63) is 77.5 Å². The predicted molar refractivity (Wildman–Crippen MR) is 127 cm³/mol. The Morgan fingerprint density at radius 2 is 1.65 bits per heavy atom. The van der Waals surface area contributed by atoms with Crippen LogP contribution in [0.3, 0.4) is 0 Å². The van der Waals surface area contributed by atoms with E-state index in [9.17, 15) is 0 Å². The first-order valence-electron chi connectivity index (χ1n) is 11.2. The zero-order chi connectivity index (χ0) is 21.2. The number of para-hydroxylation sites is 1. The fraction of sp³-hybridized carbons (Fsp3) is 0.308. The molecule has 5 nitrogen and oxygen atoms in total. The molecule has 5 heteroatoms. The largest absolute Gasteiger partial charge is 0.340 e. The summed E-state index contributed by atoms with van der Waals surface area (Å²) in [5.74, 6) is 0.839. The van der Waals surface area contributed by atoms with Crippen LogP contribution in [0.4, 0.5) is 11.5 Å². The smallest absolute Gasteiger partial charge is 0.165 e. The molecular formula is C26H29N5. The molecule has 0 aliphatic carbocycles. The highest BCUT2D eigenvalue weighted by atomic mass is 15.3. The molecule has 0 saturated carbocycles. The first-order valence-corrected chi connectivity index (χ1v) is 11.2. The van der Waals surface area contributed by atoms with E-state index in [0.29, 0.717) is 0 Å². The van der Waals surface area contributed by atoms with Crippen molar-refractivity contribution in [1.82, 2.24) is 19.7 Å². The third-order valence-corrected chi connectivity index (χ3v) is 6.09. The summed E-state index contributed by atoms with van der Waals surface area (Å²) in [6.45, 7) is 7.65. The summed E-state index contributed by atoms with van der Waals surface area (Å²) in [6.07, 6.45) is 4.02. The topological polar surface area (TPSA) is 46.0 Å². The van der Waals surface area contributed by atoms with E-state index >= 15 is 0 Å². The van der Waals surface area contributed by atoms with Crippen molar-refractivity contribution in [2.24, 2.45) is 0 Å². The maximum Gasteiger partial charge on any atom is 0.165 e. The molecule has 1 fully saturated rings. The van der Waals surface area contributed by atoms with Gasteiger partial charge in [-0.25, -0.2) is 9.67 Å². The minimum atomic E-state index is 0.839. The minimum absolute atomic E-state index is 0.839. The van der Waals surface area contributed by atoms with Gasteiger partial charge >= 0.3 is 0 Å². The summed E-state index contributed by atoms with van der Waals surface area (Å²) < 4.78 is 1.94. The van der Waals surface area contributed by atoms with Crippen molar-refractivity contribution in [2.45, 2.75) is 39.7 Å². The second kappa shape index (κ2) is 8.52. The SMILES string of the molecule is Cc1cc(Nc2ccc(CN3CCCCC3)cc2)nc2c1c(C)nn2-c1ccccc1. The fourth-order valence-electron chi connectivity index (χ4n) is 4.53. The summed E-state index contributed by atoms with van der Waals surface area (Å²) in [4.78, 5) is 7.48. The first kappa shape index (κ1) is 19.8. The number of nitrogens with zero attached hydrogens (tertiary/aromatic N) is 4. The molecule has 1 N–H and O–H groups in total. The number of likely N-dealkylation sites (tertiary alicyclic amines) is 1. The van der Waals surface area contributed by atoms with Gasteiger partial charge in [0.25, 0.3) is 0 Å². The van der Waals surface area contributed by atoms with Crippen LogP contribution in [0.15, 0.2) is 60.7 Å². The second-order valence-electron chi connectivity index (χ2n) is 8.51. The van der Waals surface area contributed by atoms with Crippen LogP contribution in [0.5, 0.6) is 0 Å². The first-order chi connectivity index (χ1) is 15.2. The van der Waals surface area contributed by atoms with Gasteiger partial charge in [-0.15, -0.1) is 0 Å². The molecule has 158 valence electrons. The molecule has 0 bridgehead atoms. The van der Waals surface area contributed by atoms with E-state index in [1.165, 1.54) is 43.5 Å². The van der Waals surface area contributed by atoms with Crippen LogP contribution in [0.25, 0.3) is 16.7 Å². The number of aryl methyl sites for hydroxylation is 2. The average molecular weight is 412 g/mol. The Labute approximate surface area is 183 Å². The van der Waals surface area contributed by atoms with Gasteiger partial charge in [0.15, 0.2) is 5.65 Å². The van der Waals surface area contributed by atoms with Gasteiger partial charge in [-0.05, 0) is 81.2 Å². The average Bonchev–Trinajstić information content (AvgIpc) is 3.13. The summed E-state index contributed by atoms with van der Waals surface area (Å²) in [5, 5.41) is 9.36. The van der Waals surface area contributed by atoms with E-state index in [1.807, 2.05) is 29.8 Å². The molecule has 1 saturated heterocycles. The van der Waals surface area contributed by atoms with Gasteiger partial charge in [-0.1, -0.05) is 36.8 Å². The van der Waals surface area contributed by atoms with Crippen LogP contribution in [0, 0.1) is 13.8 Å². The van der Waals surface area contributed by atoms with Gasteiger partial charge in [0.05, 0.1) is 11.4 Å². The quantitative estimate of drug-likeness (QED) is 0.453. The monoisotopic (exact) mass is 411 g/mol. The number of rotatable bonds is 5. The van der Waals surface area contributed by atoms with E-state index in [2.05, 4.69) is 59.6 Å². The Balaban J connectivity index is 1.40. The molecule has 1 aliphatic rings. The second-order valence-corrected chi connectivity index (χ2v) is 8.51. The Hall–Kier alpha value is -3.18. The lowest BCUT2D eigenvalue weighted by Crippen LogP contribution is -2.29. The van der Waals surface area contributed by atoms with Gasteiger partial charge in [0.1, 0.15) is 5.82 Å². The van der Waals surface area contributed by atoms with E-state index in [0.717, 1.165) is 40.5 Å². The Bertz CT molecular complexity index is 1170. The molecule has 4 aromatic rings. The molecule has 1 aliphatic heterocycles. The van der Waals surface area contributed by atoms with Crippen molar-refractivity contribution < 1.29 is 0 Å². The highest BCUT2D eigenvalue weighted by Gasteiger charge is 2.14. The third-order valence-electron chi connectivity index (χ3n) is 6.09. The number of hydrogen-bond donors (Lipinski definition) is 1. The number of anilines is 2. The highest BCUT2D eigenvalue weighted by molar-refractivity contribution is 5.85. The number of benzene rings is 2. The minimum Gasteiger partial charge on any atom is -0.340 e. The molecule has 5 rings (SSSR count). The summed E-state index contributed by atoms with van der Waals surface area (Å²) in [7, 11) is 0. The van der Waals surface area contributed by atoms with Gasteiger partial charge in [0, 0.05) is 17.6 Å². The third kappa shape index (κ3) is 4.19. The highest BCUT2D eigenvalue weighted by Crippen LogP contribution is 2.27. The lowest BCUT2D eigenvalue weighted by molar-refractivity contribution is 0.221. The standard InChI is InChI=1S/C26H29N5/c1-19-17-24(27-22-13-11-21(12-14-22)18-30-15-7-4-8-16-30)28-26-25(19)20(2)29-31(26)23-9-5-3-6-10-23/h3,5-6,9-14,17H,4,7-8,15-16,18H2,1-2H3,(H,27,28). The molecule has 31 heavy (non-hydrogen) atoms. The van der Waals surface area contributed by atoms with Gasteiger partial charge in [0.2, 0.25) is 0 Å². The zero-order valence-electron chi connectivity index (χ0n) is 18.3. The lowest BCUT2D eigenvalue weighted by Gasteiger charge is -2.26. The summed E-state index contributed by atoms with van der Waals surface area (Å²) in [6, 6.07) is 21.0. The van der Waals surface area contributed by atoms with Gasteiger partial charge < -0.3 is 5.32 Å². The number of nitrogens with one attached hydrogen (secondary N) is 1. The maximum atomic E-state index is 4.93. The number of pyridine rings is 1. The van der Waals surface area contributed by atoms with Crippen molar-refractivity contribution >= 4 is 22.5 Å². The fourth-order valence-corrected chi connectivity index (χ4v) is 4.53. The number of piperidine rings is 1. The van der Waals surface area contributed by atoms with Crippen molar-refractivity contribution in [1.29, 1.82) is 0 Å². The molecule has 0 atom stereocenters. The lowest BCUT2D eigenvalue weighted by atomic mass is 10.1. The van der Waals surface area contributed by atoms with Crippen molar-refractivity contribution in [2.75, 3.05) is 18.4 Å². The van der Waals surface area contributed by atoms with Crippen molar-refractivity contribution in [3.8, 4) is 5.69 Å². The van der Waals surface area contributed by atoms with E-state index < -0.39 is 0 Å². The summed E-state index contributed by atoms with van der Waals surface area (Å²) >= 11 is 0. The van der Waals surface area contributed by atoms with Crippen LogP contribution in [0.1, 0.15) is 36.1 Å². The molecule has 3 heterocycles. The van der Waals surface area contributed by atoms with Crippen molar-refractivity contribution in [3.63, 3.8) is 0 Å². The number of fused-ring (bicyclic) bond motifs is 1. The predicted octanol–water partition coefficient (Wildman–Crippen LogP) is 5.77. The van der Waals surface area contributed by atoms with Crippen LogP contribution in [-0.2, 0) is 6.54 Å². The van der Waals surface area contributed by atoms with Crippen LogP contribution in [-0.4, -0.2) is 32.8 Å². The Morgan fingerprint density at radius 1 is 0.903 bits per heavy atom. The van der Waals surface area contributed by atoms with E-state index in [-0.39, 0.29) is 0 Å². The van der Waals surface area contributed by atoms with Crippen LogP contribution >= 0.6 is 0 Å². The van der Waals surface area contributed by atoms with E-state index in [4.69, 9.17) is 10.1 Å². The van der Waals surface area contributed by atoms with Crippen LogP contribution in [0.2, 0.25) is 0 Å². The number of aromatic nitrogens is 3. The summed E-state index contributed by atoms with van der Waals surface area (Å²) in [5.41, 5.74) is 6.49. The molecule has 2 aromatic heterocycles. The molecular weight excluding hydrogens is 382 g/mol. The molecule has 0 spiro atoms. The molecule has 0 unspecified atom stereocenters. The maximum absolute atomic E-state index is 4.93. The molecule has 2 aromatic carbocycles. The van der Waals surface area contributed by atoms with Gasteiger partial charge in [-0.2, -0.15) is 5.10 Å². The Morgan fingerprint density at radius 3 is 2.39 bits per heavy atom. The molecule has 0 amide bonds. The zero-order valence-corrected chi connectivity index (χ0v) is 18.3. The van der Waals surface area contributed by atoms with Crippen LogP contribution < -0.4 is 5.32 Å². The normalized spacial score (nSPS) is 14.8. The Kier molecular flexibility index (Phi) is 5.43. The number of hydrogen-bond acceptors (Lipinski definition) is 4. The molecule has 0 radical (unpaired) electrons. The van der Waals surface area contributed by atoms with Gasteiger partial charge in [-0.3, -0.25) is 4.90 Å².